The van der Waals surface area contributed by atoms with Crippen LogP contribution in [0.4, 0.5) is 17.1 Å². The Labute approximate surface area is 192 Å². The molecular formula is C21H25ClN4O5S. The van der Waals surface area contributed by atoms with E-state index in [9.17, 15) is 18.0 Å². The van der Waals surface area contributed by atoms with Gasteiger partial charge in [-0.1, -0.05) is 17.7 Å². The SMILES string of the molecule is CC(=O)Nc1ccc(NCC(=O)Nc2cc(S(=O)(=O)N3CCOCC3)ccc2C)cc1Cl. The number of morpholine rings is 1. The van der Waals surface area contributed by atoms with Crippen molar-refractivity contribution in [1.82, 2.24) is 4.31 Å². The highest BCUT2D eigenvalue weighted by atomic mass is 35.5. The molecule has 3 rings (SSSR count). The number of rotatable bonds is 7. The van der Waals surface area contributed by atoms with Gasteiger partial charge in [-0.2, -0.15) is 4.31 Å². The van der Waals surface area contributed by atoms with Crippen LogP contribution in [0.25, 0.3) is 0 Å². The fraction of sp³-hybridized carbons (Fsp3) is 0.333. The minimum absolute atomic E-state index is 0.0598. The molecule has 0 unspecified atom stereocenters. The molecule has 1 aliphatic rings. The molecule has 2 aromatic rings. The van der Waals surface area contributed by atoms with Crippen molar-refractivity contribution in [3.8, 4) is 0 Å². The summed E-state index contributed by atoms with van der Waals surface area (Å²) in [5.74, 6) is -0.587. The minimum Gasteiger partial charge on any atom is -0.379 e. The molecule has 3 N–H and O–H groups in total. The largest absolute Gasteiger partial charge is 0.379 e. The fourth-order valence-electron chi connectivity index (χ4n) is 3.13. The lowest BCUT2D eigenvalue weighted by molar-refractivity contribution is -0.115. The zero-order valence-corrected chi connectivity index (χ0v) is 19.3. The maximum absolute atomic E-state index is 12.9. The molecule has 0 aromatic heterocycles. The van der Waals surface area contributed by atoms with Gasteiger partial charge in [-0.05, 0) is 42.8 Å². The van der Waals surface area contributed by atoms with Crippen LogP contribution in [0.1, 0.15) is 12.5 Å². The zero-order valence-electron chi connectivity index (χ0n) is 17.8. The molecule has 0 spiro atoms. The predicted molar refractivity (Wildman–Crippen MR) is 124 cm³/mol. The molecule has 1 heterocycles. The molecule has 32 heavy (non-hydrogen) atoms. The highest BCUT2D eigenvalue weighted by Crippen LogP contribution is 2.26. The first-order valence-electron chi connectivity index (χ1n) is 9.96. The Morgan fingerprint density at radius 3 is 2.44 bits per heavy atom. The molecule has 2 aromatic carbocycles. The fourth-order valence-corrected chi connectivity index (χ4v) is 4.79. The molecule has 1 saturated heterocycles. The smallest absolute Gasteiger partial charge is 0.243 e. The third-order valence-corrected chi connectivity index (χ3v) is 7.03. The van der Waals surface area contributed by atoms with E-state index in [1.165, 1.54) is 23.4 Å². The highest BCUT2D eigenvalue weighted by Gasteiger charge is 2.26. The van der Waals surface area contributed by atoms with E-state index in [0.29, 0.717) is 48.4 Å². The van der Waals surface area contributed by atoms with E-state index in [1.54, 1.807) is 31.2 Å². The molecule has 9 nitrogen and oxygen atoms in total. The summed E-state index contributed by atoms with van der Waals surface area (Å²) in [7, 11) is -3.67. The van der Waals surface area contributed by atoms with E-state index < -0.39 is 10.0 Å². The van der Waals surface area contributed by atoms with Crippen LogP contribution in [-0.4, -0.2) is 57.4 Å². The van der Waals surface area contributed by atoms with Gasteiger partial charge in [0.15, 0.2) is 0 Å². The molecule has 1 aliphatic heterocycles. The molecule has 0 bridgehead atoms. The van der Waals surface area contributed by atoms with Gasteiger partial charge >= 0.3 is 0 Å². The monoisotopic (exact) mass is 480 g/mol. The molecule has 1 fully saturated rings. The van der Waals surface area contributed by atoms with Crippen molar-refractivity contribution < 1.29 is 22.7 Å². The number of ether oxygens (including phenoxy) is 1. The normalized spacial score (nSPS) is 14.6. The van der Waals surface area contributed by atoms with E-state index in [4.69, 9.17) is 16.3 Å². The van der Waals surface area contributed by atoms with Crippen molar-refractivity contribution in [2.45, 2.75) is 18.7 Å². The van der Waals surface area contributed by atoms with Gasteiger partial charge in [0.05, 0.1) is 35.4 Å². The Morgan fingerprint density at radius 2 is 1.78 bits per heavy atom. The number of halogens is 1. The molecule has 0 radical (unpaired) electrons. The lowest BCUT2D eigenvalue weighted by Crippen LogP contribution is -2.40. The average molecular weight is 481 g/mol. The van der Waals surface area contributed by atoms with Crippen molar-refractivity contribution in [1.29, 1.82) is 0 Å². The number of aryl methyl sites for hydroxylation is 1. The molecule has 172 valence electrons. The summed E-state index contributed by atoms with van der Waals surface area (Å²) in [6, 6.07) is 9.58. The third-order valence-electron chi connectivity index (χ3n) is 4.82. The second-order valence-corrected chi connectivity index (χ2v) is 9.62. The Morgan fingerprint density at radius 1 is 1.06 bits per heavy atom. The first-order chi connectivity index (χ1) is 15.2. The second-order valence-electron chi connectivity index (χ2n) is 7.27. The molecule has 2 amide bonds. The quantitative estimate of drug-likeness (QED) is 0.561. The summed E-state index contributed by atoms with van der Waals surface area (Å²) in [6.45, 7) is 4.42. The van der Waals surface area contributed by atoms with Crippen LogP contribution in [0.5, 0.6) is 0 Å². The molecular weight excluding hydrogens is 456 g/mol. The molecule has 0 saturated carbocycles. The summed E-state index contributed by atoms with van der Waals surface area (Å²) in [5.41, 5.74) is 2.23. The Balaban J connectivity index is 1.65. The van der Waals surface area contributed by atoms with Crippen molar-refractivity contribution >= 4 is 50.5 Å². The maximum atomic E-state index is 12.9. The summed E-state index contributed by atoms with van der Waals surface area (Å²) in [5, 5.41) is 8.64. The van der Waals surface area contributed by atoms with Crippen LogP contribution in [-0.2, 0) is 24.3 Å². The maximum Gasteiger partial charge on any atom is 0.243 e. The average Bonchev–Trinajstić information content (AvgIpc) is 2.76. The standard InChI is InChI=1S/C21H25ClN4O5S/c1-14-3-5-17(32(29,30)26-7-9-31-10-8-26)12-20(14)25-21(28)13-23-16-4-6-19(18(22)11-16)24-15(2)27/h3-6,11-12,23H,7-10,13H2,1-2H3,(H,24,27)(H,25,28). The van der Waals surface area contributed by atoms with Gasteiger partial charge in [-0.25, -0.2) is 8.42 Å². The third kappa shape index (κ3) is 5.98. The first-order valence-corrected chi connectivity index (χ1v) is 11.8. The van der Waals surface area contributed by atoms with Gasteiger partial charge in [0.2, 0.25) is 21.8 Å². The van der Waals surface area contributed by atoms with E-state index in [0.717, 1.165) is 5.56 Å². The van der Waals surface area contributed by atoms with Crippen LogP contribution >= 0.6 is 11.6 Å². The van der Waals surface area contributed by atoms with Crippen LogP contribution in [0, 0.1) is 6.92 Å². The minimum atomic E-state index is -3.67. The van der Waals surface area contributed by atoms with Crippen LogP contribution in [0.15, 0.2) is 41.3 Å². The lowest BCUT2D eigenvalue weighted by Gasteiger charge is -2.26. The molecule has 11 heteroatoms. The number of benzene rings is 2. The van der Waals surface area contributed by atoms with Gasteiger partial charge in [0.1, 0.15) is 0 Å². The van der Waals surface area contributed by atoms with Gasteiger partial charge in [0.25, 0.3) is 0 Å². The van der Waals surface area contributed by atoms with Gasteiger partial charge in [0, 0.05) is 31.4 Å². The van der Waals surface area contributed by atoms with Gasteiger partial charge in [-0.3, -0.25) is 9.59 Å². The number of amides is 2. The van der Waals surface area contributed by atoms with Crippen LogP contribution < -0.4 is 16.0 Å². The second kappa shape index (κ2) is 10.3. The number of sulfonamides is 1. The summed E-state index contributed by atoms with van der Waals surface area (Å²) in [4.78, 5) is 23.7. The van der Waals surface area contributed by atoms with Crippen molar-refractivity contribution in [2.24, 2.45) is 0 Å². The zero-order chi connectivity index (χ0) is 23.3. The molecule has 0 aliphatic carbocycles. The molecule has 0 atom stereocenters. The number of hydrogen-bond acceptors (Lipinski definition) is 6. The number of nitrogens with one attached hydrogen (secondary N) is 3. The topological polar surface area (TPSA) is 117 Å². The van der Waals surface area contributed by atoms with Crippen molar-refractivity contribution in [3.05, 3.63) is 47.0 Å². The number of nitrogens with zero attached hydrogens (tertiary/aromatic N) is 1. The van der Waals surface area contributed by atoms with E-state index >= 15 is 0 Å². The number of carbonyl (C=O) groups is 2. The Hall–Kier alpha value is -2.66. The van der Waals surface area contributed by atoms with Crippen LogP contribution in [0.3, 0.4) is 0 Å². The summed E-state index contributed by atoms with van der Waals surface area (Å²) >= 11 is 6.14. The number of anilines is 3. The number of hydrogen-bond donors (Lipinski definition) is 3. The van der Waals surface area contributed by atoms with Crippen LogP contribution in [0.2, 0.25) is 5.02 Å². The van der Waals surface area contributed by atoms with Gasteiger partial charge in [-0.15, -0.1) is 0 Å². The number of carbonyl (C=O) groups excluding carboxylic acids is 2. The van der Waals surface area contributed by atoms with E-state index in [-0.39, 0.29) is 23.3 Å². The summed E-state index contributed by atoms with van der Waals surface area (Å²) < 4.78 is 32.4. The Bertz CT molecular complexity index is 1120. The summed E-state index contributed by atoms with van der Waals surface area (Å²) in [6.07, 6.45) is 0. The van der Waals surface area contributed by atoms with E-state index in [2.05, 4.69) is 16.0 Å². The van der Waals surface area contributed by atoms with Crippen molar-refractivity contribution in [3.63, 3.8) is 0 Å². The van der Waals surface area contributed by atoms with Gasteiger partial charge < -0.3 is 20.7 Å². The van der Waals surface area contributed by atoms with E-state index in [1.807, 2.05) is 0 Å². The van der Waals surface area contributed by atoms with Crippen molar-refractivity contribution in [2.75, 3.05) is 48.8 Å². The highest BCUT2D eigenvalue weighted by molar-refractivity contribution is 7.89. The lowest BCUT2D eigenvalue weighted by atomic mass is 10.2. The first kappa shape index (κ1) is 24.0. The predicted octanol–water partition coefficient (Wildman–Crippen LogP) is 2.68. The Kier molecular flexibility index (Phi) is 7.73.